The number of hydrogen-bond acceptors (Lipinski definition) is 4. The number of carbonyl (C=O) groups excluding carboxylic acids is 1. The van der Waals surface area contributed by atoms with Crippen molar-refractivity contribution < 1.29 is 23.0 Å². The molecule has 0 unspecified atom stereocenters. The number of hydrogen-bond donors (Lipinski definition) is 1. The van der Waals surface area contributed by atoms with E-state index in [0.29, 0.717) is 5.56 Å². The normalized spacial score (nSPS) is 21.7. The van der Waals surface area contributed by atoms with Crippen LogP contribution in [-0.2, 0) is 0 Å². The van der Waals surface area contributed by atoms with Gasteiger partial charge in [0.2, 0.25) is 0 Å². The second-order valence-electron chi connectivity index (χ2n) is 4.64. The maximum Gasteiger partial charge on any atom is 0.586 e. The van der Waals surface area contributed by atoms with Crippen LogP contribution in [0, 0.1) is 5.41 Å². The van der Waals surface area contributed by atoms with Crippen molar-refractivity contribution in [1.82, 2.24) is 0 Å². The van der Waals surface area contributed by atoms with Crippen LogP contribution in [0.2, 0.25) is 0 Å². The zero-order valence-corrected chi connectivity index (χ0v) is 9.41. The molecular formula is C12H11F2NO3. The van der Waals surface area contributed by atoms with E-state index in [0.717, 1.165) is 12.8 Å². The Kier molecular flexibility index (Phi) is 2.16. The molecule has 2 N–H and O–H groups in total. The molecule has 3 rings (SSSR count). The second kappa shape index (κ2) is 3.41. The molecule has 1 aromatic carbocycles. The Balaban J connectivity index is 1.91. The zero-order valence-electron chi connectivity index (χ0n) is 9.41. The number of benzene rings is 1. The lowest BCUT2D eigenvalue weighted by Gasteiger charge is -2.10. The van der Waals surface area contributed by atoms with Crippen molar-refractivity contribution in [3.63, 3.8) is 0 Å². The topological polar surface area (TPSA) is 61.6 Å². The third-order valence-corrected chi connectivity index (χ3v) is 3.39. The van der Waals surface area contributed by atoms with Crippen molar-refractivity contribution in [1.29, 1.82) is 0 Å². The van der Waals surface area contributed by atoms with E-state index in [9.17, 15) is 13.6 Å². The van der Waals surface area contributed by atoms with Crippen LogP contribution in [0.1, 0.15) is 23.2 Å². The van der Waals surface area contributed by atoms with Gasteiger partial charge in [0.1, 0.15) is 0 Å². The number of halogens is 2. The number of nitrogens with two attached hydrogens (primary N) is 1. The van der Waals surface area contributed by atoms with E-state index >= 15 is 0 Å². The summed E-state index contributed by atoms with van der Waals surface area (Å²) in [6, 6.07) is 4.06. The maximum absolute atomic E-state index is 12.8. The molecule has 0 spiro atoms. The Morgan fingerprint density at radius 2 is 1.94 bits per heavy atom. The number of ether oxygens (including phenoxy) is 2. The van der Waals surface area contributed by atoms with Gasteiger partial charge in [-0.05, 0) is 31.0 Å². The van der Waals surface area contributed by atoms with E-state index in [1.54, 1.807) is 0 Å². The minimum absolute atomic E-state index is 0.0610. The molecule has 1 fully saturated rings. The predicted octanol–water partition coefficient (Wildman–Crippen LogP) is 1.93. The first-order valence-corrected chi connectivity index (χ1v) is 5.61. The van der Waals surface area contributed by atoms with Crippen LogP contribution in [0.15, 0.2) is 18.2 Å². The largest absolute Gasteiger partial charge is 0.586 e. The molecule has 0 amide bonds. The Morgan fingerprint density at radius 3 is 2.56 bits per heavy atom. The van der Waals surface area contributed by atoms with Crippen LogP contribution in [-0.4, -0.2) is 18.6 Å². The van der Waals surface area contributed by atoms with E-state index in [1.165, 1.54) is 18.2 Å². The standard InChI is InChI=1S/C12H11F2NO3/c13-12(14)17-8-2-1-7(5-9(8)18-12)10(16)11(6-15)3-4-11/h1-2,5H,3-4,6,15H2. The summed E-state index contributed by atoms with van der Waals surface area (Å²) in [6.07, 6.45) is -2.17. The molecule has 1 heterocycles. The first kappa shape index (κ1) is 11.4. The Hall–Kier alpha value is -1.69. The molecule has 0 bridgehead atoms. The van der Waals surface area contributed by atoms with E-state index in [-0.39, 0.29) is 23.8 Å². The number of Topliss-reactive ketones (excluding diaryl/α,β-unsaturated/α-hetero) is 1. The van der Waals surface area contributed by atoms with Gasteiger partial charge in [-0.3, -0.25) is 4.79 Å². The van der Waals surface area contributed by atoms with Crippen LogP contribution in [0.25, 0.3) is 0 Å². The van der Waals surface area contributed by atoms with Gasteiger partial charge < -0.3 is 15.2 Å². The van der Waals surface area contributed by atoms with Gasteiger partial charge in [0.05, 0.1) is 0 Å². The van der Waals surface area contributed by atoms with Gasteiger partial charge in [0.15, 0.2) is 17.3 Å². The SMILES string of the molecule is NCC1(C(=O)c2ccc3c(c2)OC(F)(F)O3)CC1. The van der Waals surface area contributed by atoms with Crippen molar-refractivity contribution in [2.75, 3.05) is 6.54 Å². The highest BCUT2D eigenvalue weighted by Gasteiger charge is 2.49. The molecule has 96 valence electrons. The number of carbonyl (C=O) groups is 1. The molecule has 0 saturated heterocycles. The molecule has 1 aliphatic carbocycles. The third-order valence-electron chi connectivity index (χ3n) is 3.39. The Morgan fingerprint density at radius 1 is 1.28 bits per heavy atom. The average Bonchev–Trinajstić information content (AvgIpc) is 3.05. The van der Waals surface area contributed by atoms with Gasteiger partial charge in [0.25, 0.3) is 0 Å². The van der Waals surface area contributed by atoms with Gasteiger partial charge in [-0.15, -0.1) is 8.78 Å². The lowest BCUT2D eigenvalue weighted by Crippen LogP contribution is -2.26. The monoisotopic (exact) mass is 255 g/mol. The Bertz CT molecular complexity index is 526. The molecule has 0 radical (unpaired) electrons. The summed E-state index contributed by atoms with van der Waals surface area (Å²) in [4.78, 5) is 12.2. The van der Waals surface area contributed by atoms with Crippen molar-refractivity contribution in [3.05, 3.63) is 23.8 Å². The Labute approximate surface area is 102 Å². The molecule has 1 saturated carbocycles. The van der Waals surface area contributed by atoms with Gasteiger partial charge in [-0.25, -0.2) is 0 Å². The van der Waals surface area contributed by atoms with Gasteiger partial charge in [-0.2, -0.15) is 0 Å². The summed E-state index contributed by atoms with van der Waals surface area (Å²) >= 11 is 0. The first-order valence-electron chi connectivity index (χ1n) is 5.61. The summed E-state index contributed by atoms with van der Waals surface area (Å²) < 4.78 is 34.2. The number of fused-ring (bicyclic) bond motifs is 1. The summed E-state index contributed by atoms with van der Waals surface area (Å²) in [6.45, 7) is 0.274. The summed E-state index contributed by atoms with van der Waals surface area (Å²) in [5, 5.41) is 0. The number of ketones is 1. The molecule has 0 aromatic heterocycles. The quantitative estimate of drug-likeness (QED) is 0.838. The van der Waals surface area contributed by atoms with Crippen LogP contribution in [0.5, 0.6) is 11.5 Å². The fourth-order valence-corrected chi connectivity index (χ4v) is 2.07. The molecule has 0 atom stereocenters. The van der Waals surface area contributed by atoms with Gasteiger partial charge in [0, 0.05) is 17.5 Å². The van der Waals surface area contributed by atoms with E-state index in [4.69, 9.17) is 5.73 Å². The summed E-state index contributed by atoms with van der Waals surface area (Å²) in [5.41, 5.74) is 5.39. The van der Waals surface area contributed by atoms with Crippen molar-refractivity contribution in [3.8, 4) is 11.5 Å². The van der Waals surface area contributed by atoms with Crippen LogP contribution >= 0.6 is 0 Å². The highest BCUT2D eigenvalue weighted by Crippen LogP contribution is 2.48. The van der Waals surface area contributed by atoms with E-state index in [2.05, 4.69) is 9.47 Å². The van der Waals surface area contributed by atoms with E-state index < -0.39 is 11.7 Å². The molecule has 1 aliphatic heterocycles. The van der Waals surface area contributed by atoms with Gasteiger partial charge in [-0.1, -0.05) is 0 Å². The highest BCUT2D eigenvalue weighted by molar-refractivity contribution is 6.03. The smallest absolute Gasteiger partial charge is 0.395 e. The minimum atomic E-state index is -3.66. The van der Waals surface area contributed by atoms with Crippen LogP contribution in [0.4, 0.5) is 8.78 Å². The lowest BCUT2D eigenvalue weighted by atomic mass is 9.95. The molecule has 2 aliphatic rings. The fourth-order valence-electron chi connectivity index (χ4n) is 2.07. The molecular weight excluding hydrogens is 244 g/mol. The predicted molar refractivity (Wildman–Crippen MR) is 57.7 cm³/mol. The van der Waals surface area contributed by atoms with Crippen molar-refractivity contribution >= 4 is 5.78 Å². The highest BCUT2D eigenvalue weighted by atomic mass is 19.3. The zero-order chi connectivity index (χ0) is 13.0. The van der Waals surface area contributed by atoms with Crippen molar-refractivity contribution in [2.24, 2.45) is 11.1 Å². The second-order valence-corrected chi connectivity index (χ2v) is 4.64. The van der Waals surface area contributed by atoms with Crippen LogP contribution < -0.4 is 15.2 Å². The third kappa shape index (κ3) is 1.64. The maximum atomic E-state index is 12.8. The fraction of sp³-hybridized carbons (Fsp3) is 0.417. The molecule has 6 heteroatoms. The molecule has 18 heavy (non-hydrogen) atoms. The first-order chi connectivity index (χ1) is 8.46. The lowest BCUT2D eigenvalue weighted by molar-refractivity contribution is -0.286. The average molecular weight is 255 g/mol. The van der Waals surface area contributed by atoms with E-state index in [1.807, 2.05) is 0 Å². The van der Waals surface area contributed by atoms with Gasteiger partial charge >= 0.3 is 6.29 Å². The number of rotatable bonds is 3. The van der Waals surface area contributed by atoms with Crippen molar-refractivity contribution in [2.45, 2.75) is 19.1 Å². The molecule has 1 aromatic rings. The van der Waals surface area contributed by atoms with Crippen LogP contribution in [0.3, 0.4) is 0 Å². The summed E-state index contributed by atoms with van der Waals surface area (Å²) in [7, 11) is 0. The summed E-state index contributed by atoms with van der Waals surface area (Å²) in [5.74, 6) is -0.292. The minimum Gasteiger partial charge on any atom is -0.395 e. The number of alkyl halides is 2. The molecule has 4 nitrogen and oxygen atoms in total.